The van der Waals surface area contributed by atoms with E-state index in [0.717, 1.165) is 0 Å². The molecule has 2 amide bonds. The van der Waals surface area contributed by atoms with Crippen LogP contribution in [-0.4, -0.2) is 63.8 Å². The first-order valence-electron chi connectivity index (χ1n) is 10.6. The van der Waals surface area contributed by atoms with Crippen molar-refractivity contribution < 1.29 is 18.7 Å². The summed E-state index contributed by atoms with van der Waals surface area (Å²) in [5.41, 5.74) is 0.613. The van der Waals surface area contributed by atoms with Crippen LogP contribution < -0.4 is 10.1 Å². The molecule has 170 valence electrons. The quantitative estimate of drug-likeness (QED) is 0.622. The highest BCUT2D eigenvalue weighted by Crippen LogP contribution is 2.22. The van der Waals surface area contributed by atoms with Crippen LogP contribution >= 0.6 is 0 Å². The van der Waals surface area contributed by atoms with E-state index in [9.17, 15) is 14.0 Å². The van der Waals surface area contributed by atoms with Gasteiger partial charge in [0.05, 0.1) is 12.2 Å². The molecular weight excluding hydrogens is 425 g/mol. The predicted molar refractivity (Wildman–Crippen MR) is 121 cm³/mol. The van der Waals surface area contributed by atoms with Crippen LogP contribution in [0.4, 0.5) is 10.2 Å². The van der Waals surface area contributed by atoms with Crippen LogP contribution in [0.15, 0.2) is 67.1 Å². The van der Waals surface area contributed by atoms with Crippen molar-refractivity contribution in [2.45, 2.75) is 13.0 Å². The Hall–Kier alpha value is -3.85. The average Bonchev–Trinajstić information content (AvgIpc) is 2.86. The molecule has 1 unspecified atom stereocenters. The Morgan fingerprint density at radius 1 is 0.970 bits per heavy atom. The molecule has 1 aromatic carbocycles. The molecule has 1 atom stereocenters. The Balaban J connectivity index is 1.27. The molecule has 1 aliphatic heterocycles. The van der Waals surface area contributed by atoms with Crippen LogP contribution in [-0.2, 0) is 4.79 Å². The molecule has 1 aliphatic rings. The van der Waals surface area contributed by atoms with Crippen molar-refractivity contribution >= 4 is 17.6 Å². The van der Waals surface area contributed by atoms with Crippen LogP contribution in [0, 0.1) is 5.82 Å². The van der Waals surface area contributed by atoms with E-state index in [-0.39, 0.29) is 23.7 Å². The van der Waals surface area contributed by atoms with Crippen LogP contribution in [0.5, 0.6) is 11.5 Å². The van der Waals surface area contributed by atoms with Crippen molar-refractivity contribution in [3.8, 4) is 11.5 Å². The summed E-state index contributed by atoms with van der Waals surface area (Å²) < 4.78 is 18.6. The van der Waals surface area contributed by atoms with Gasteiger partial charge in [0.15, 0.2) is 0 Å². The van der Waals surface area contributed by atoms with Crippen molar-refractivity contribution in [2.24, 2.45) is 0 Å². The number of amides is 2. The lowest BCUT2D eigenvalue weighted by atomic mass is 10.2. The third-order valence-corrected chi connectivity index (χ3v) is 5.49. The molecule has 4 rings (SSSR count). The van der Waals surface area contributed by atoms with Gasteiger partial charge in [-0.25, -0.2) is 9.37 Å². The number of benzene rings is 1. The van der Waals surface area contributed by atoms with Crippen molar-refractivity contribution in [1.29, 1.82) is 0 Å². The highest BCUT2D eigenvalue weighted by atomic mass is 19.1. The number of piperazine rings is 1. The second-order valence-electron chi connectivity index (χ2n) is 7.66. The minimum atomic E-state index is -0.375. The maximum Gasteiger partial charge on any atom is 0.254 e. The standard InChI is InChI=1S/C24H24FN5O3/c1-17(29-12-14-30(15-13-29)24(32)18-8-10-26-11-9-18)23(31)28-22-7-6-21(16-27-22)33-20-4-2-19(25)3-5-20/h2-11,16-17H,12-15H2,1H3,(H,27,28,31). The number of hydrogen-bond acceptors (Lipinski definition) is 6. The minimum Gasteiger partial charge on any atom is -0.456 e. The molecule has 0 saturated carbocycles. The number of carbonyl (C=O) groups excluding carboxylic acids is 2. The molecule has 3 heterocycles. The molecule has 9 heteroatoms. The van der Waals surface area contributed by atoms with Crippen molar-refractivity contribution in [3.05, 3.63) is 78.5 Å². The Morgan fingerprint density at radius 3 is 2.27 bits per heavy atom. The van der Waals surface area contributed by atoms with Crippen LogP contribution in [0.2, 0.25) is 0 Å². The zero-order valence-electron chi connectivity index (χ0n) is 18.1. The number of anilines is 1. The van der Waals surface area contributed by atoms with Crippen molar-refractivity contribution in [1.82, 2.24) is 19.8 Å². The Kier molecular flexibility index (Phi) is 6.89. The van der Waals surface area contributed by atoms with Gasteiger partial charge in [-0.1, -0.05) is 0 Å². The second kappa shape index (κ2) is 10.2. The Morgan fingerprint density at radius 2 is 1.64 bits per heavy atom. The van der Waals surface area contributed by atoms with Crippen LogP contribution in [0.3, 0.4) is 0 Å². The summed E-state index contributed by atoms with van der Waals surface area (Å²) in [7, 11) is 0. The summed E-state index contributed by atoms with van der Waals surface area (Å²) in [5.74, 6) is 0.830. The molecule has 1 fully saturated rings. The third-order valence-electron chi connectivity index (χ3n) is 5.49. The lowest BCUT2D eigenvalue weighted by molar-refractivity contribution is -0.121. The molecule has 0 bridgehead atoms. The van der Waals surface area contributed by atoms with Gasteiger partial charge >= 0.3 is 0 Å². The summed E-state index contributed by atoms with van der Waals surface area (Å²) in [6, 6.07) is 12.0. The number of carbonyl (C=O) groups is 2. The monoisotopic (exact) mass is 449 g/mol. The van der Waals surface area contributed by atoms with Gasteiger partial charge in [0.1, 0.15) is 23.1 Å². The van der Waals surface area contributed by atoms with Gasteiger partial charge in [-0.05, 0) is 55.5 Å². The highest BCUT2D eigenvalue weighted by molar-refractivity contribution is 5.95. The first-order valence-corrected chi connectivity index (χ1v) is 10.6. The maximum atomic E-state index is 13.0. The van der Waals surface area contributed by atoms with Gasteiger partial charge in [0.2, 0.25) is 5.91 Å². The normalized spacial score (nSPS) is 15.0. The van der Waals surface area contributed by atoms with E-state index in [1.165, 1.54) is 30.5 Å². The minimum absolute atomic E-state index is 0.0266. The topological polar surface area (TPSA) is 87.7 Å². The number of nitrogens with one attached hydrogen (secondary N) is 1. The first-order chi connectivity index (χ1) is 16.0. The second-order valence-corrected chi connectivity index (χ2v) is 7.66. The van der Waals surface area contributed by atoms with E-state index in [1.54, 1.807) is 41.6 Å². The number of hydrogen-bond donors (Lipinski definition) is 1. The number of aromatic nitrogens is 2. The van der Waals surface area contributed by atoms with Gasteiger partial charge in [-0.15, -0.1) is 0 Å². The maximum absolute atomic E-state index is 13.0. The molecule has 0 radical (unpaired) electrons. The summed E-state index contributed by atoms with van der Waals surface area (Å²) in [6.07, 6.45) is 4.70. The molecule has 2 aromatic heterocycles. The lowest BCUT2D eigenvalue weighted by Gasteiger charge is -2.37. The summed E-state index contributed by atoms with van der Waals surface area (Å²) in [6.45, 7) is 4.13. The molecule has 33 heavy (non-hydrogen) atoms. The molecule has 8 nitrogen and oxygen atoms in total. The Labute approximate surface area is 191 Å². The first kappa shape index (κ1) is 22.3. The van der Waals surface area contributed by atoms with Gasteiger partial charge in [0, 0.05) is 44.1 Å². The number of nitrogens with zero attached hydrogens (tertiary/aromatic N) is 4. The Bertz CT molecular complexity index is 1090. The smallest absolute Gasteiger partial charge is 0.254 e. The summed E-state index contributed by atoms with van der Waals surface area (Å²) >= 11 is 0. The fourth-order valence-electron chi connectivity index (χ4n) is 3.54. The number of pyridine rings is 2. The van der Waals surface area contributed by atoms with Gasteiger partial charge in [-0.2, -0.15) is 0 Å². The summed E-state index contributed by atoms with van der Waals surface area (Å²) in [5, 5.41) is 2.81. The highest BCUT2D eigenvalue weighted by Gasteiger charge is 2.28. The lowest BCUT2D eigenvalue weighted by Crippen LogP contribution is -2.54. The van der Waals surface area contributed by atoms with E-state index in [0.29, 0.717) is 49.1 Å². The largest absolute Gasteiger partial charge is 0.456 e. The molecular formula is C24H24FN5O3. The molecule has 1 saturated heterocycles. The SMILES string of the molecule is CC(C(=O)Nc1ccc(Oc2ccc(F)cc2)cn1)N1CCN(C(=O)c2ccncc2)CC1. The zero-order chi connectivity index (χ0) is 23.2. The van der Waals surface area contributed by atoms with Crippen molar-refractivity contribution in [2.75, 3.05) is 31.5 Å². The fourth-order valence-corrected chi connectivity index (χ4v) is 3.54. The number of halogens is 1. The van der Waals surface area contributed by atoms with E-state index in [2.05, 4.69) is 15.3 Å². The van der Waals surface area contributed by atoms with E-state index < -0.39 is 0 Å². The third kappa shape index (κ3) is 5.69. The van der Waals surface area contributed by atoms with Gasteiger partial charge in [0.25, 0.3) is 5.91 Å². The predicted octanol–water partition coefficient (Wildman–Crippen LogP) is 3.19. The number of ether oxygens (including phenoxy) is 1. The van der Waals surface area contributed by atoms with E-state index >= 15 is 0 Å². The van der Waals surface area contributed by atoms with Gasteiger partial charge in [-0.3, -0.25) is 19.5 Å². The van der Waals surface area contributed by atoms with Crippen molar-refractivity contribution in [3.63, 3.8) is 0 Å². The fraction of sp³-hybridized carbons (Fsp3) is 0.250. The molecule has 3 aromatic rings. The summed E-state index contributed by atoms with van der Waals surface area (Å²) in [4.78, 5) is 37.3. The van der Waals surface area contributed by atoms with Crippen LogP contribution in [0.25, 0.3) is 0 Å². The molecule has 0 aliphatic carbocycles. The molecule has 0 spiro atoms. The van der Waals surface area contributed by atoms with Gasteiger partial charge < -0.3 is 15.0 Å². The van der Waals surface area contributed by atoms with Crippen LogP contribution in [0.1, 0.15) is 17.3 Å². The zero-order valence-corrected chi connectivity index (χ0v) is 18.1. The van der Waals surface area contributed by atoms with E-state index in [4.69, 9.17) is 4.74 Å². The number of rotatable bonds is 6. The molecule has 1 N–H and O–H groups in total. The average molecular weight is 449 g/mol. The van der Waals surface area contributed by atoms with E-state index in [1.807, 2.05) is 11.8 Å².